The molecule has 1 N–H and O–H groups in total. The molecule has 2 aromatic heterocycles. The van der Waals surface area contributed by atoms with Crippen LogP contribution in [0.15, 0.2) is 70.6 Å². The summed E-state index contributed by atoms with van der Waals surface area (Å²) < 4.78 is 12.5. The summed E-state index contributed by atoms with van der Waals surface area (Å²) in [6, 6.07) is 19.2. The van der Waals surface area contributed by atoms with Crippen molar-refractivity contribution in [2.24, 2.45) is 7.05 Å². The number of nitrogens with zero attached hydrogens (tertiary/aromatic N) is 2. The molecule has 0 radical (unpaired) electrons. The predicted octanol–water partition coefficient (Wildman–Crippen LogP) is 4.35. The fraction of sp³-hybridized carbons (Fsp3) is 0.240. The number of nitrogens with one attached hydrogen (secondary N) is 1. The van der Waals surface area contributed by atoms with Crippen LogP contribution in [0.5, 0.6) is 11.5 Å². The van der Waals surface area contributed by atoms with E-state index in [9.17, 15) is 9.59 Å². The minimum absolute atomic E-state index is 0.116. The Morgan fingerprint density at radius 2 is 1.79 bits per heavy atom. The topological polar surface area (TPSA) is 82.5 Å². The second kappa shape index (κ2) is 11.2. The van der Waals surface area contributed by atoms with Crippen molar-refractivity contribution >= 4 is 39.2 Å². The number of carbonyl (C=O) groups is 1. The van der Waals surface area contributed by atoms with Crippen LogP contribution in [0.3, 0.4) is 0 Å². The summed E-state index contributed by atoms with van der Waals surface area (Å²) in [6.45, 7) is 3.28. The molecule has 0 aliphatic rings. The summed E-state index contributed by atoms with van der Waals surface area (Å²) in [4.78, 5) is 31.4. The zero-order chi connectivity index (χ0) is 23.9. The van der Waals surface area contributed by atoms with E-state index in [0.717, 1.165) is 16.2 Å². The van der Waals surface area contributed by atoms with Gasteiger partial charge in [0.25, 0.3) is 5.56 Å². The fourth-order valence-electron chi connectivity index (χ4n) is 3.26. The standard InChI is InChI=1S/C25H25N3O4S2/c1-3-31-18-9-11-19(12-10-18)32-14-13-26-22(29)16-33-25-27-23-20(24(30)28(25)2)15-21(34-23)17-7-5-4-6-8-17/h4-12,15H,3,13-14,16H2,1-2H3,(H,26,29). The maximum atomic E-state index is 12.8. The summed E-state index contributed by atoms with van der Waals surface area (Å²) >= 11 is 2.72. The van der Waals surface area contributed by atoms with Crippen LogP contribution in [0.2, 0.25) is 0 Å². The molecule has 0 aliphatic heterocycles. The monoisotopic (exact) mass is 495 g/mol. The Kier molecular flexibility index (Phi) is 7.87. The van der Waals surface area contributed by atoms with Gasteiger partial charge in [0.05, 0.1) is 24.3 Å². The Hall–Kier alpha value is -3.30. The molecule has 7 nitrogen and oxygen atoms in total. The zero-order valence-corrected chi connectivity index (χ0v) is 20.6. The van der Waals surface area contributed by atoms with Crippen molar-refractivity contribution in [1.29, 1.82) is 0 Å². The van der Waals surface area contributed by atoms with Gasteiger partial charge < -0.3 is 14.8 Å². The van der Waals surface area contributed by atoms with Gasteiger partial charge >= 0.3 is 0 Å². The zero-order valence-electron chi connectivity index (χ0n) is 18.9. The minimum Gasteiger partial charge on any atom is -0.494 e. The number of thioether (sulfide) groups is 1. The lowest BCUT2D eigenvalue weighted by atomic mass is 10.2. The van der Waals surface area contributed by atoms with Crippen LogP contribution >= 0.6 is 23.1 Å². The van der Waals surface area contributed by atoms with E-state index in [-0.39, 0.29) is 17.2 Å². The third kappa shape index (κ3) is 5.78. The van der Waals surface area contributed by atoms with Gasteiger partial charge in [0.15, 0.2) is 5.16 Å². The van der Waals surface area contributed by atoms with E-state index in [2.05, 4.69) is 10.3 Å². The molecule has 0 unspecified atom stereocenters. The predicted molar refractivity (Wildman–Crippen MR) is 137 cm³/mol. The Labute approximate surface area is 205 Å². The lowest BCUT2D eigenvalue weighted by Gasteiger charge is -2.09. The van der Waals surface area contributed by atoms with Gasteiger partial charge in [0, 0.05) is 11.9 Å². The molecule has 0 saturated heterocycles. The van der Waals surface area contributed by atoms with Gasteiger partial charge in [-0.1, -0.05) is 42.1 Å². The molecule has 4 rings (SSSR count). The van der Waals surface area contributed by atoms with Crippen molar-refractivity contribution in [2.75, 3.05) is 25.5 Å². The lowest BCUT2D eigenvalue weighted by Crippen LogP contribution is -2.30. The van der Waals surface area contributed by atoms with E-state index in [1.165, 1.54) is 27.7 Å². The highest BCUT2D eigenvalue weighted by atomic mass is 32.2. The van der Waals surface area contributed by atoms with Crippen LogP contribution in [0.1, 0.15) is 6.92 Å². The van der Waals surface area contributed by atoms with Crippen molar-refractivity contribution in [3.05, 3.63) is 71.0 Å². The minimum atomic E-state index is -0.147. The first-order chi connectivity index (χ1) is 16.5. The molecule has 1 amide bonds. The number of benzene rings is 2. The Morgan fingerprint density at radius 1 is 1.09 bits per heavy atom. The van der Waals surface area contributed by atoms with E-state index >= 15 is 0 Å². The number of carbonyl (C=O) groups excluding carboxylic acids is 1. The Balaban J connectivity index is 1.30. The van der Waals surface area contributed by atoms with Crippen LogP contribution in [0.25, 0.3) is 20.7 Å². The molecule has 2 heterocycles. The third-order valence-corrected chi connectivity index (χ3v) is 7.06. The van der Waals surface area contributed by atoms with E-state index in [1.807, 2.05) is 67.6 Å². The van der Waals surface area contributed by atoms with Gasteiger partial charge in [0.2, 0.25) is 5.91 Å². The summed E-state index contributed by atoms with van der Waals surface area (Å²) in [7, 11) is 1.68. The van der Waals surface area contributed by atoms with Crippen LogP contribution in [0.4, 0.5) is 0 Å². The normalized spacial score (nSPS) is 10.9. The molecule has 0 aliphatic carbocycles. The van der Waals surface area contributed by atoms with Gasteiger partial charge in [-0.05, 0) is 42.8 Å². The Bertz CT molecular complexity index is 1320. The smallest absolute Gasteiger partial charge is 0.262 e. The van der Waals surface area contributed by atoms with Gasteiger partial charge in [-0.25, -0.2) is 4.98 Å². The highest BCUT2D eigenvalue weighted by Gasteiger charge is 2.14. The van der Waals surface area contributed by atoms with Crippen molar-refractivity contribution in [3.8, 4) is 21.9 Å². The van der Waals surface area contributed by atoms with Crippen LogP contribution in [-0.2, 0) is 11.8 Å². The fourth-order valence-corrected chi connectivity index (χ4v) is 5.14. The number of rotatable bonds is 10. The molecular weight excluding hydrogens is 470 g/mol. The first kappa shape index (κ1) is 23.8. The molecule has 0 spiro atoms. The van der Waals surface area contributed by atoms with E-state index in [4.69, 9.17) is 9.47 Å². The quantitative estimate of drug-likeness (QED) is 0.200. The maximum Gasteiger partial charge on any atom is 0.262 e. The molecular formula is C25H25N3O4S2. The molecule has 0 bridgehead atoms. The largest absolute Gasteiger partial charge is 0.494 e. The molecule has 0 saturated carbocycles. The first-order valence-electron chi connectivity index (χ1n) is 10.9. The van der Waals surface area contributed by atoms with E-state index in [0.29, 0.717) is 40.9 Å². The summed E-state index contributed by atoms with van der Waals surface area (Å²) in [6.07, 6.45) is 0. The molecule has 4 aromatic rings. The third-order valence-electron chi connectivity index (χ3n) is 4.95. The number of aromatic nitrogens is 2. The van der Waals surface area contributed by atoms with Gasteiger partial charge in [-0.2, -0.15) is 0 Å². The lowest BCUT2D eigenvalue weighted by molar-refractivity contribution is -0.118. The average molecular weight is 496 g/mol. The number of hydrogen-bond acceptors (Lipinski definition) is 7. The maximum absolute atomic E-state index is 12.8. The molecule has 2 aromatic carbocycles. The van der Waals surface area contributed by atoms with Gasteiger partial charge in [-0.3, -0.25) is 14.2 Å². The van der Waals surface area contributed by atoms with Crippen molar-refractivity contribution in [1.82, 2.24) is 14.9 Å². The number of ether oxygens (including phenoxy) is 2. The molecule has 34 heavy (non-hydrogen) atoms. The van der Waals surface area contributed by atoms with Crippen molar-refractivity contribution in [3.63, 3.8) is 0 Å². The molecule has 0 fully saturated rings. The Morgan fingerprint density at radius 3 is 2.50 bits per heavy atom. The number of hydrogen-bond donors (Lipinski definition) is 1. The summed E-state index contributed by atoms with van der Waals surface area (Å²) in [5, 5.41) is 3.93. The van der Waals surface area contributed by atoms with E-state index < -0.39 is 0 Å². The van der Waals surface area contributed by atoms with E-state index in [1.54, 1.807) is 7.05 Å². The average Bonchev–Trinajstić information content (AvgIpc) is 3.29. The molecule has 176 valence electrons. The number of fused-ring (bicyclic) bond motifs is 1. The van der Waals surface area contributed by atoms with Crippen LogP contribution < -0.4 is 20.3 Å². The SMILES string of the molecule is CCOc1ccc(OCCNC(=O)CSc2nc3sc(-c4ccccc4)cc3c(=O)n2C)cc1. The highest BCUT2D eigenvalue weighted by molar-refractivity contribution is 7.99. The van der Waals surface area contributed by atoms with Gasteiger partial charge in [0.1, 0.15) is 22.9 Å². The molecule has 9 heteroatoms. The highest BCUT2D eigenvalue weighted by Crippen LogP contribution is 2.31. The first-order valence-corrected chi connectivity index (χ1v) is 12.7. The van der Waals surface area contributed by atoms with Crippen molar-refractivity contribution in [2.45, 2.75) is 12.1 Å². The van der Waals surface area contributed by atoms with Crippen LogP contribution in [-0.4, -0.2) is 41.0 Å². The summed E-state index contributed by atoms with van der Waals surface area (Å²) in [5.74, 6) is 1.52. The number of amides is 1. The molecule has 0 atom stereocenters. The van der Waals surface area contributed by atoms with Gasteiger partial charge in [-0.15, -0.1) is 11.3 Å². The second-order valence-electron chi connectivity index (χ2n) is 7.35. The number of thiophene rings is 1. The van der Waals surface area contributed by atoms with Crippen molar-refractivity contribution < 1.29 is 14.3 Å². The van der Waals surface area contributed by atoms with Crippen LogP contribution in [0, 0.1) is 0 Å². The summed E-state index contributed by atoms with van der Waals surface area (Å²) in [5.41, 5.74) is 0.934. The second-order valence-corrected chi connectivity index (χ2v) is 9.32.